The fourth-order valence-corrected chi connectivity index (χ4v) is 2.57. The molecular weight excluding hydrogens is 312 g/mol. The van der Waals surface area contributed by atoms with E-state index in [2.05, 4.69) is 25.1 Å². The molecule has 3 nitrogen and oxygen atoms in total. The first-order valence-corrected chi connectivity index (χ1v) is 8.49. The summed E-state index contributed by atoms with van der Waals surface area (Å²) < 4.78 is 15.9. The first kappa shape index (κ1) is 18.7. The van der Waals surface area contributed by atoms with E-state index in [9.17, 15) is 0 Å². The number of hydrogen-bond donors (Lipinski definition) is 0. The fourth-order valence-electron chi connectivity index (χ4n) is 2.57. The zero-order valence-electron chi connectivity index (χ0n) is 15.4. The highest BCUT2D eigenvalue weighted by molar-refractivity contribution is 5.88. The van der Waals surface area contributed by atoms with Gasteiger partial charge >= 0.3 is 0 Å². The van der Waals surface area contributed by atoms with Crippen LogP contribution in [0.25, 0.3) is 10.8 Å². The molecule has 0 heterocycles. The van der Waals surface area contributed by atoms with Crippen molar-refractivity contribution >= 4 is 10.8 Å². The third kappa shape index (κ3) is 4.90. The number of rotatable bonds is 5. The van der Waals surface area contributed by atoms with Crippen LogP contribution in [0.2, 0.25) is 0 Å². The Morgan fingerprint density at radius 2 is 1.28 bits per heavy atom. The highest BCUT2D eigenvalue weighted by atomic mass is 16.5. The standard InChI is InChI=1S/C13H14O.C9H12O2/c1-2-10-14-13-9-5-7-11-6-3-4-8-12(11)13;1-7-8(10-2)5-4-6-9(7)11-3/h3-9H,2,10H2,1H3;4-6H,1-3H3. The summed E-state index contributed by atoms with van der Waals surface area (Å²) in [6.45, 7) is 4.87. The van der Waals surface area contributed by atoms with Gasteiger partial charge in [-0.25, -0.2) is 0 Å². The molecule has 0 aliphatic rings. The van der Waals surface area contributed by atoms with Gasteiger partial charge < -0.3 is 14.2 Å². The Morgan fingerprint density at radius 1 is 0.720 bits per heavy atom. The molecule has 132 valence electrons. The van der Waals surface area contributed by atoms with E-state index in [1.807, 2.05) is 49.4 Å². The molecule has 3 heteroatoms. The van der Waals surface area contributed by atoms with Crippen LogP contribution in [0.4, 0.5) is 0 Å². The van der Waals surface area contributed by atoms with Gasteiger partial charge in [0.25, 0.3) is 0 Å². The van der Waals surface area contributed by atoms with E-state index in [4.69, 9.17) is 14.2 Å². The smallest absolute Gasteiger partial charge is 0.127 e. The summed E-state index contributed by atoms with van der Waals surface area (Å²) in [6.07, 6.45) is 1.04. The van der Waals surface area contributed by atoms with E-state index >= 15 is 0 Å². The molecule has 0 fully saturated rings. The Bertz CT molecular complexity index is 769. The van der Waals surface area contributed by atoms with E-state index in [-0.39, 0.29) is 0 Å². The van der Waals surface area contributed by atoms with Crippen LogP contribution >= 0.6 is 0 Å². The number of fused-ring (bicyclic) bond motifs is 1. The molecule has 0 amide bonds. The molecule has 0 aliphatic carbocycles. The Kier molecular flexibility index (Phi) is 7.15. The SMILES string of the molecule is CCCOc1cccc2ccccc12.COc1cccc(OC)c1C. The molecule has 3 aromatic carbocycles. The highest BCUT2D eigenvalue weighted by Crippen LogP contribution is 2.26. The zero-order valence-corrected chi connectivity index (χ0v) is 15.4. The quantitative estimate of drug-likeness (QED) is 0.602. The van der Waals surface area contributed by atoms with Crippen LogP contribution in [0.5, 0.6) is 17.2 Å². The Labute approximate surface area is 150 Å². The first-order chi connectivity index (χ1) is 12.2. The van der Waals surface area contributed by atoms with Gasteiger partial charge in [-0.1, -0.05) is 49.4 Å². The van der Waals surface area contributed by atoms with Crippen LogP contribution < -0.4 is 14.2 Å². The fraction of sp³-hybridized carbons (Fsp3) is 0.273. The molecule has 3 rings (SSSR count). The molecule has 3 aromatic rings. The van der Waals surface area contributed by atoms with E-state index in [0.29, 0.717) is 0 Å². The number of ether oxygens (including phenoxy) is 3. The maximum Gasteiger partial charge on any atom is 0.127 e. The van der Waals surface area contributed by atoms with Crippen molar-refractivity contribution in [2.75, 3.05) is 20.8 Å². The lowest BCUT2D eigenvalue weighted by atomic mass is 10.1. The Hall–Kier alpha value is -2.68. The number of benzene rings is 3. The van der Waals surface area contributed by atoms with Crippen molar-refractivity contribution in [2.45, 2.75) is 20.3 Å². The zero-order chi connectivity index (χ0) is 18.1. The molecule has 0 aromatic heterocycles. The van der Waals surface area contributed by atoms with E-state index in [1.165, 1.54) is 10.8 Å². The normalized spacial score (nSPS) is 9.92. The average Bonchev–Trinajstić information content (AvgIpc) is 2.67. The van der Waals surface area contributed by atoms with Crippen molar-refractivity contribution in [1.82, 2.24) is 0 Å². The van der Waals surface area contributed by atoms with E-state index < -0.39 is 0 Å². The lowest BCUT2D eigenvalue weighted by Gasteiger charge is -2.07. The van der Waals surface area contributed by atoms with Gasteiger partial charge in [0.05, 0.1) is 20.8 Å². The third-order valence-electron chi connectivity index (χ3n) is 3.89. The summed E-state index contributed by atoms with van der Waals surface area (Å²) in [4.78, 5) is 0. The van der Waals surface area contributed by atoms with Gasteiger partial charge in [0.2, 0.25) is 0 Å². The minimum atomic E-state index is 0.786. The van der Waals surface area contributed by atoms with E-state index in [0.717, 1.165) is 35.8 Å². The summed E-state index contributed by atoms with van der Waals surface area (Å²) in [7, 11) is 3.31. The second-order valence-electron chi connectivity index (χ2n) is 5.61. The predicted molar refractivity (Wildman–Crippen MR) is 104 cm³/mol. The molecule has 0 bridgehead atoms. The van der Waals surface area contributed by atoms with E-state index in [1.54, 1.807) is 14.2 Å². The van der Waals surface area contributed by atoms with Gasteiger partial charge in [-0.15, -0.1) is 0 Å². The van der Waals surface area contributed by atoms with Gasteiger partial charge in [-0.05, 0) is 36.9 Å². The molecule has 0 saturated heterocycles. The van der Waals surface area contributed by atoms with Crippen molar-refractivity contribution in [3.8, 4) is 17.2 Å². The lowest BCUT2D eigenvalue weighted by Crippen LogP contribution is -1.95. The largest absolute Gasteiger partial charge is 0.496 e. The minimum Gasteiger partial charge on any atom is -0.496 e. The maximum atomic E-state index is 5.67. The van der Waals surface area contributed by atoms with Gasteiger partial charge in [0.15, 0.2) is 0 Å². The van der Waals surface area contributed by atoms with Crippen LogP contribution in [-0.4, -0.2) is 20.8 Å². The second kappa shape index (κ2) is 9.58. The average molecular weight is 338 g/mol. The van der Waals surface area contributed by atoms with Gasteiger partial charge in [-0.3, -0.25) is 0 Å². The lowest BCUT2D eigenvalue weighted by molar-refractivity contribution is 0.321. The molecule has 0 N–H and O–H groups in total. The van der Waals surface area contributed by atoms with Crippen molar-refractivity contribution in [2.24, 2.45) is 0 Å². The van der Waals surface area contributed by atoms with Crippen LogP contribution in [-0.2, 0) is 0 Å². The summed E-state index contributed by atoms with van der Waals surface area (Å²) in [5, 5.41) is 2.43. The van der Waals surface area contributed by atoms with Crippen LogP contribution in [0.15, 0.2) is 60.7 Å². The number of hydrogen-bond acceptors (Lipinski definition) is 3. The highest BCUT2D eigenvalue weighted by Gasteiger charge is 2.02. The molecule has 0 radical (unpaired) electrons. The predicted octanol–water partition coefficient (Wildman–Crippen LogP) is 5.64. The van der Waals surface area contributed by atoms with Crippen molar-refractivity contribution in [1.29, 1.82) is 0 Å². The summed E-state index contributed by atoms with van der Waals surface area (Å²) >= 11 is 0. The van der Waals surface area contributed by atoms with Crippen LogP contribution in [0.3, 0.4) is 0 Å². The summed E-state index contributed by atoms with van der Waals surface area (Å²) in [5.74, 6) is 2.72. The van der Waals surface area contributed by atoms with Gasteiger partial charge in [-0.2, -0.15) is 0 Å². The maximum absolute atomic E-state index is 5.67. The van der Waals surface area contributed by atoms with Crippen LogP contribution in [0.1, 0.15) is 18.9 Å². The van der Waals surface area contributed by atoms with Crippen molar-refractivity contribution in [3.63, 3.8) is 0 Å². The minimum absolute atomic E-state index is 0.786. The number of methoxy groups -OCH3 is 2. The van der Waals surface area contributed by atoms with Crippen LogP contribution in [0, 0.1) is 6.92 Å². The molecule has 0 aliphatic heterocycles. The van der Waals surface area contributed by atoms with Gasteiger partial charge in [0, 0.05) is 10.9 Å². The molecule has 0 unspecified atom stereocenters. The van der Waals surface area contributed by atoms with Crippen molar-refractivity contribution < 1.29 is 14.2 Å². The Morgan fingerprint density at radius 3 is 1.92 bits per heavy atom. The second-order valence-corrected chi connectivity index (χ2v) is 5.61. The molecule has 0 atom stereocenters. The molecule has 25 heavy (non-hydrogen) atoms. The monoisotopic (exact) mass is 338 g/mol. The molecule has 0 spiro atoms. The molecule has 0 saturated carbocycles. The topological polar surface area (TPSA) is 27.7 Å². The first-order valence-electron chi connectivity index (χ1n) is 8.49. The summed E-state index contributed by atoms with van der Waals surface area (Å²) in [5.41, 5.74) is 1.04. The molecular formula is C22H26O3. The van der Waals surface area contributed by atoms with Crippen molar-refractivity contribution in [3.05, 3.63) is 66.2 Å². The Balaban J connectivity index is 0.000000186. The third-order valence-corrected chi connectivity index (χ3v) is 3.89. The summed E-state index contributed by atoms with van der Waals surface area (Å²) in [6, 6.07) is 20.2. The van der Waals surface area contributed by atoms with Gasteiger partial charge in [0.1, 0.15) is 17.2 Å².